The summed E-state index contributed by atoms with van der Waals surface area (Å²) in [7, 11) is 0. The first-order valence-corrected chi connectivity index (χ1v) is 5.27. The Morgan fingerprint density at radius 1 is 1.46 bits per heavy atom. The predicted octanol–water partition coefficient (Wildman–Crippen LogP) is 3.68. The number of allylic oxidation sites excluding steroid dienone is 1. The fourth-order valence-corrected chi connectivity index (χ4v) is 1.04. The van der Waals surface area contributed by atoms with Gasteiger partial charge in [0.05, 0.1) is 5.54 Å². The minimum Gasteiger partial charge on any atom is -0.291 e. The van der Waals surface area contributed by atoms with Gasteiger partial charge in [0, 0.05) is 18.0 Å². The van der Waals surface area contributed by atoms with Crippen molar-refractivity contribution >= 4 is 17.8 Å². The Morgan fingerprint density at radius 3 is 2.46 bits per heavy atom. The zero-order valence-corrected chi connectivity index (χ0v) is 9.64. The van der Waals surface area contributed by atoms with E-state index in [0.717, 1.165) is 12.8 Å². The molecule has 0 spiro atoms. The number of hydrogen-bond acceptors (Lipinski definition) is 1. The Morgan fingerprint density at radius 2 is 2.08 bits per heavy atom. The summed E-state index contributed by atoms with van der Waals surface area (Å²) in [6.45, 7) is 10.0. The molecule has 0 aromatic heterocycles. The first-order chi connectivity index (χ1) is 5.99. The minimum atomic E-state index is 0.0161. The maximum absolute atomic E-state index is 5.61. The lowest BCUT2D eigenvalue weighted by molar-refractivity contribution is 0.579. The summed E-state index contributed by atoms with van der Waals surface area (Å²) >= 11 is 5.61. The van der Waals surface area contributed by atoms with Gasteiger partial charge < -0.3 is 0 Å². The fraction of sp³-hybridized carbons (Fsp3) is 0.727. The van der Waals surface area contributed by atoms with Gasteiger partial charge in [-0.3, -0.25) is 4.99 Å². The largest absolute Gasteiger partial charge is 0.291 e. The maximum atomic E-state index is 5.61. The van der Waals surface area contributed by atoms with Crippen LogP contribution in [0.4, 0.5) is 0 Å². The van der Waals surface area contributed by atoms with E-state index in [9.17, 15) is 0 Å². The third kappa shape index (κ3) is 8.04. The van der Waals surface area contributed by atoms with Gasteiger partial charge in [0.2, 0.25) is 0 Å². The first kappa shape index (κ1) is 12.7. The third-order valence-corrected chi connectivity index (χ3v) is 1.89. The molecular weight excluding hydrogens is 182 g/mol. The molecule has 0 saturated heterocycles. The average Bonchev–Trinajstić information content (AvgIpc) is 2.03. The predicted molar refractivity (Wildman–Crippen MR) is 61.9 cm³/mol. The third-order valence-electron chi connectivity index (χ3n) is 1.63. The second-order valence-electron chi connectivity index (χ2n) is 4.18. The molecule has 1 unspecified atom stereocenters. The van der Waals surface area contributed by atoms with Crippen molar-refractivity contribution in [2.75, 3.05) is 5.88 Å². The van der Waals surface area contributed by atoms with E-state index in [0.29, 0.717) is 11.8 Å². The number of nitrogens with zero attached hydrogens (tertiary/aromatic N) is 1. The summed E-state index contributed by atoms with van der Waals surface area (Å²) in [5.41, 5.74) is 0.0161. The van der Waals surface area contributed by atoms with Crippen LogP contribution in [0.5, 0.6) is 0 Å². The van der Waals surface area contributed by atoms with E-state index in [1.165, 1.54) is 0 Å². The van der Waals surface area contributed by atoms with Gasteiger partial charge in [-0.15, -0.1) is 18.2 Å². The second-order valence-corrected chi connectivity index (χ2v) is 4.56. The Hall–Kier alpha value is -0.300. The van der Waals surface area contributed by atoms with Crippen molar-refractivity contribution in [3.05, 3.63) is 12.7 Å². The molecule has 0 N–H and O–H groups in total. The lowest BCUT2D eigenvalue weighted by Crippen LogP contribution is -2.11. The standard InChI is InChI=1S/C11H20ClN/c1-5-10(7-6-8-12)9-13-11(2,3)4/h5,9-10H,1,6-8H2,2-4H3. The van der Waals surface area contributed by atoms with Gasteiger partial charge in [0.25, 0.3) is 0 Å². The average molecular weight is 202 g/mol. The molecule has 0 aliphatic heterocycles. The highest BCUT2D eigenvalue weighted by Crippen LogP contribution is 2.10. The molecule has 0 aliphatic carbocycles. The number of aliphatic imine (C=N–C) groups is 1. The molecule has 0 fully saturated rings. The monoisotopic (exact) mass is 201 g/mol. The van der Waals surface area contributed by atoms with Crippen LogP contribution in [0.15, 0.2) is 17.6 Å². The molecule has 0 heterocycles. The van der Waals surface area contributed by atoms with Gasteiger partial charge >= 0.3 is 0 Å². The van der Waals surface area contributed by atoms with E-state index in [4.69, 9.17) is 11.6 Å². The molecule has 0 amide bonds. The molecule has 0 radical (unpaired) electrons. The lowest BCUT2D eigenvalue weighted by Gasteiger charge is -2.13. The number of alkyl halides is 1. The maximum Gasteiger partial charge on any atom is 0.0520 e. The summed E-state index contributed by atoms with van der Waals surface area (Å²) in [5.74, 6) is 1.09. The molecule has 0 bridgehead atoms. The van der Waals surface area contributed by atoms with E-state index in [1.54, 1.807) is 0 Å². The summed E-state index contributed by atoms with van der Waals surface area (Å²) in [6, 6.07) is 0. The first-order valence-electron chi connectivity index (χ1n) is 4.73. The van der Waals surface area contributed by atoms with Crippen molar-refractivity contribution in [1.82, 2.24) is 0 Å². The van der Waals surface area contributed by atoms with Crippen LogP contribution in [0, 0.1) is 5.92 Å². The van der Waals surface area contributed by atoms with E-state index in [2.05, 4.69) is 32.3 Å². The fourth-order valence-electron chi connectivity index (χ4n) is 0.885. The second kappa shape index (κ2) is 6.20. The van der Waals surface area contributed by atoms with Crippen LogP contribution in [0.25, 0.3) is 0 Å². The van der Waals surface area contributed by atoms with Gasteiger partial charge in [-0.2, -0.15) is 0 Å². The Balaban J connectivity index is 3.97. The molecule has 1 atom stereocenters. The molecule has 13 heavy (non-hydrogen) atoms. The van der Waals surface area contributed by atoms with Crippen molar-refractivity contribution in [1.29, 1.82) is 0 Å². The highest BCUT2D eigenvalue weighted by molar-refractivity contribution is 6.17. The van der Waals surface area contributed by atoms with E-state index in [1.807, 2.05) is 12.3 Å². The van der Waals surface area contributed by atoms with E-state index < -0.39 is 0 Å². The minimum absolute atomic E-state index is 0.0161. The Kier molecular flexibility index (Phi) is 6.06. The van der Waals surface area contributed by atoms with Crippen molar-refractivity contribution in [3.8, 4) is 0 Å². The van der Waals surface area contributed by atoms with Crippen LogP contribution >= 0.6 is 11.6 Å². The van der Waals surface area contributed by atoms with Crippen LogP contribution in [-0.2, 0) is 0 Å². The normalized spacial score (nSPS) is 14.8. The van der Waals surface area contributed by atoms with Crippen molar-refractivity contribution < 1.29 is 0 Å². The molecule has 0 aliphatic rings. The van der Waals surface area contributed by atoms with Crippen LogP contribution in [-0.4, -0.2) is 17.6 Å². The van der Waals surface area contributed by atoms with Crippen molar-refractivity contribution in [2.45, 2.75) is 39.2 Å². The van der Waals surface area contributed by atoms with Gasteiger partial charge in [-0.1, -0.05) is 6.08 Å². The van der Waals surface area contributed by atoms with Crippen LogP contribution in [0.1, 0.15) is 33.6 Å². The van der Waals surface area contributed by atoms with Crippen molar-refractivity contribution in [3.63, 3.8) is 0 Å². The molecule has 1 nitrogen and oxygen atoms in total. The smallest absolute Gasteiger partial charge is 0.0520 e. The molecule has 76 valence electrons. The van der Waals surface area contributed by atoms with Crippen LogP contribution in [0.3, 0.4) is 0 Å². The van der Waals surface area contributed by atoms with Crippen LogP contribution in [0.2, 0.25) is 0 Å². The SMILES string of the molecule is C=CC(C=NC(C)(C)C)CCCCl. The van der Waals surface area contributed by atoms with Gasteiger partial charge in [-0.05, 0) is 33.6 Å². The van der Waals surface area contributed by atoms with Crippen molar-refractivity contribution in [2.24, 2.45) is 10.9 Å². The number of hydrogen-bond donors (Lipinski definition) is 0. The molecule has 0 saturated carbocycles. The summed E-state index contributed by atoms with van der Waals surface area (Å²) in [5, 5.41) is 0. The number of rotatable bonds is 5. The van der Waals surface area contributed by atoms with Gasteiger partial charge in [0.1, 0.15) is 0 Å². The van der Waals surface area contributed by atoms with Crippen LogP contribution < -0.4 is 0 Å². The summed E-state index contributed by atoms with van der Waals surface area (Å²) in [4.78, 5) is 4.44. The summed E-state index contributed by atoms with van der Waals surface area (Å²) in [6.07, 6.45) is 5.99. The molecule has 0 aromatic rings. The molecule has 0 rings (SSSR count). The highest BCUT2D eigenvalue weighted by atomic mass is 35.5. The zero-order valence-electron chi connectivity index (χ0n) is 8.89. The number of halogens is 1. The van der Waals surface area contributed by atoms with Gasteiger partial charge in [-0.25, -0.2) is 0 Å². The zero-order chi connectivity index (χ0) is 10.3. The van der Waals surface area contributed by atoms with Gasteiger partial charge in [0.15, 0.2) is 0 Å². The molecular formula is C11H20ClN. The quantitative estimate of drug-likeness (QED) is 0.366. The summed E-state index contributed by atoms with van der Waals surface area (Å²) < 4.78 is 0. The topological polar surface area (TPSA) is 12.4 Å². The molecule has 2 heteroatoms. The Bertz CT molecular complexity index is 167. The molecule has 0 aromatic carbocycles. The Labute approximate surface area is 86.9 Å². The highest BCUT2D eigenvalue weighted by Gasteiger charge is 2.06. The lowest BCUT2D eigenvalue weighted by atomic mass is 10.0. The van der Waals surface area contributed by atoms with E-state index >= 15 is 0 Å². The van der Waals surface area contributed by atoms with E-state index in [-0.39, 0.29) is 5.54 Å².